The van der Waals surface area contributed by atoms with Crippen molar-refractivity contribution in [2.24, 2.45) is 0 Å². The number of rotatable bonds is 4. The minimum absolute atomic E-state index is 0. The van der Waals surface area contributed by atoms with Crippen LogP contribution in [0.3, 0.4) is 0 Å². The minimum atomic E-state index is 0. The molecule has 0 atom stereocenters. The van der Waals surface area contributed by atoms with Gasteiger partial charge in [0.1, 0.15) is 5.75 Å². The molecule has 0 fully saturated rings. The van der Waals surface area contributed by atoms with Crippen molar-refractivity contribution in [3.8, 4) is 17.0 Å². The van der Waals surface area contributed by atoms with Crippen LogP contribution in [0.4, 0.5) is 10.8 Å². The van der Waals surface area contributed by atoms with Gasteiger partial charge in [0.05, 0.1) is 18.5 Å². The van der Waals surface area contributed by atoms with Crippen LogP contribution in [0.5, 0.6) is 5.75 Å². The molecule has 0 aliphatic carbocycles. The lowest BCUT2D eigenvalue weighted by Crippen LogP contribution is -1.93. The quantitative estimate of drug-likeness (QED) is 0.475. The smallest absolute Gasteiger partial charge is 0.187 e. The second kappa shape index (κ2) is 7.94. The van der Waals surface area contributed by atoms with Gasteiger partial charge >= 0.3 is 0 Å². The second-order valence-electron chi connectivity index (χ2n) is 4.37. The van der Waals surface area contributed by atoms with E-state index in [1.54, 1.807) is 18.4 Å². The lowest BCUT2D eigenvalue weighted by atomic mass is 10.2. The summed E-state index contributed by atoms with van der Waals surface area (Å²) in [4.78, 5) is 4.63. The Morgan fingerprint density at radius 2 is 1.82 bits per heavy atom. The summed E-state index contributed by atoms with van der Waals surface area (Å²) in [5, 5.41) is 6.22. The maximum Gasteiger partial charge on any atom is 0.187 e. The van der Waals surface area contributed by atoms with Gasteiger partial charge in [-0.3, -0.25) is 0 Å². The molecule has 0 aliphatic rings. The van der Waals surface area contributed by atoms with E-state index >= 15 is 0 Å². The van der Waals surface area contributed by atoms with E-state index in [-0.39, 0.29) is 17.0 Å². The van der Waals surface area contributed by atoms with Crippen LogP contribution in [0, 0.1) is 3.57 Å². The highest BCUT2D eigenvalue weighted by atomic mass is 127. The number of methoxy groups -OCH3 is 1. The van der Waals surface area contributed by atoms with Crippen LogP contribution in [-0.2, 0) is 0 Å². The topological polar surface area (TPSA) is 34.1 Å². The molecular weight excluding hydrogens is 475 g/mol. The SMILES string of the molecule is Br.COc1ccccc1Nc1nc(-c2ccc(I)cc2)cs1. The Morgan fingerprint density at radius 3 is 2.55 bits per heavy atom. The molecule has 6 heteroatoms. The van der Waals surface area contributed by atoms with E-state index in [1.807, 2.05) is 24.3 Å². The van der Waals surface area contributed by atoms with Gasteiger partial charge in [0, 0.05) is 14.5 Å². The third-order valence-electron chi connectivity index (χ3n) is 2.99. The van der Waals surface area contributed by atoms with Crippen LogP contribution in [0.1, 0.15) is 0 Å². The van der Waals surface area contributed by atoms with Gasteiger partial charge in [-0.15, -0.1) is 28.3 Å². The Bertz CT molecular complexity index is 746. The first-order valence-corrected chi connectivity index (χ1v) is 8.33. The molecule has 0 bridgehead atoms. The van der Waals surface area contributed by atoms with Crippen molar-refractivity contribution in [2.45, 2.75) is 0 Å². The first-order chi connectivity index (χ1) is 10.3. The molecule has 1 aromatic heterocycles. The maximum atomic E-state index is 5.34. The van der Waals surface area contributed by atoms with Crippen LogP contribution in [0.15, 0.2) is 53.9 Å². The number of halogens is 2. The molecule has 3 aromatic rings. The molecule has 1 heterocycles. The number of para-hydroxylation sites is 2. The van der Waals surface area contributed by atoms with Crippen LogP contribution in [-0.4, -0.2) is 12.1 Å². The van der Waals surface area contributed by atoms with Crippen molar-refractivity contribution in [3.63, 3.8) is 0 Å². The molecule has 0 spiro atoms. The number of anilines is 2. The zero-order valence-corrected chi connectivity index (χ0v) is 16.4. The number of thiazole rings is 1. The van der Waals surface area contributed by atoms with Gasteiger partial charge in [0.2, 0.25) is 0 Å². The summed E-state index contributed by atoms with van der Waals surface area (Å²) in [6.07, 6.45) is 0. The molecular formula is C16H14BrIN2OS. The van der Waals surface area contributed by atoms with Gasteiger partial charge in [-0.25, -0.2) is 4.98 Å². The molecule has 2 aromatic carbocycles. The molecule has 3 rings (SSSR count). The normalized spacial score (nSPS) is 9.91. The molecule has 0 amide bonds. The Labute approximate surface area is 157 Å². The van der Waals surface area contributed by atoms with E-state index in [4.69, 9.17) is 4.74 Å². The summed E-state index contributed by atoms with van der Waals surface area (Å²) in [5.41, 5.74) is 3.03. The average Bonchev–Trinajstić information content (AvgIpc) is 2.97. The Kier molecular flexibility index (Phi) is 6.22. The van der Waals surface area contributed by atoms with Crippen molar-refractivity contribution < 1.29 is 4.74 Å². The highest BCUT2D eigenvalue weighted by Crippen LogP contribution is 2.31. The van der Waals surface area contributed by atoms with Crippen LogP contribution in [0.25, 0.3) is 11.3 Å². The predicted molar refractivity (Wildman–Crippen MR) is 107 cm³/mol. The van der Waals surface area contributed by atoms with Gasteiger partial charge in [-0.05, 0) is 46.9 Å². The molecule has 0 saturated carbocycles. The number of nitrogens with zero attached hydrogens (tertiary/aromatic N) is 1. The van der Waals surface area contributed by atoms with Crippen molar-refractivity contribution in [1.29, 1.82) is 0 Å². The average molecular weight is 489 g/mol. The number of hydrogen-bond acceptors (Lipinski definition) is 4. The Hall–Kier alpha value is -1.12. The monoisotopic (exact) mass is 488 g/mol. The fourth-order valence-corrected chi connectivity index (χ4v) is 3.04. The van der Waals surface area contributed by atoms with E-state index in [9.17, 15) is 0 Å². The number of ether oxygens (including phenoxy) is 1. The number of hydrogen-bond donors (Lipinski definition) is 1. The Morgan fingerprint density at radius 1 is 1.09 bits per heavy atom. The lowest BCUT2D eigenvalue weighted by Gasteiger charge is -2.08. The van der Waals surface area contributed by atoms with Gasteiger partial charge in [0.25, 0.3) is 0 Å². The van der Waals surface area contributed by atoms with Crippen LogP contribution < -0.4 is 10.1 Å². The summed E-state index contributed by atoms with van der Waals surface area (Å²) in [6.45, 7) is 0. The molecule has 114 valence electrons. The fraction of sp³-hybridized carbons (Fsp3) is 0.0625. The van der Waals surface area contributed by atoms with Crippen LogP contribution >= 0.6 is 50.9 Å². The summed E-state index contributed by atoms with van der Waals surface area (Å²) in [5.74, 6) is 0.809. The van der Waals surface area contributed by atoms with Gasteiger partial charge in [-0.1, -0.05) is 24.3 Å². The molecule has 0 saturated heterocycles. The van der Waals surface area contributed by atoms with Crippen molar-refractivity contribution >= 4 is 61.7 Å². The van der Waals surface area contributed by atoms with E-state index in [1.165, 1.54) is 3.57 Å². The Balaban J connectivity index is 0.00000176. The summed E-state index contributed by atoms with van der Waals surface area (Å²) < 4.78 is 6.56. The van der Waals surface area contributed by atoms with Gasteiger partial charge < -0.3 is 10.1 Å². The maximum absolute atomic E-state index is 5.34. The number of nitrogens with one attached hydrogen (secondary N) is 1. The van der Waals surface area contributed by atoms with Gasteiger partial charge in [0.15, 0.2) is 5.13 Å². The molecule has 0 unspecified atom stereocenters. The van der Waals surface area contributed by atoms with E-state index < -0.39 is 0 Å². The zero-order chi connectivity index (χ0) is 14.7. The summed E-state index contributed by atoms with van der Waals surface area (Å²) in [7, 11) is 1.67. The van der Waals surface area contributed by atoms with E-state index in [0.29, 0.717) is 0 Å². The zero-order valence-electron chi connectivity index (χ0n) is 11.7. The van der Waals surface area contributed by atoms with Crippen molar-refractivity contribution in [1.82, 2.24) is 4.98 Å². The molecule has 1 N–H and O–H groups in total. The number of aromatic nitrogens is 1. The highest BCUT2D eigenvalue weighted by Gasteiger charge is 2.07. The van der Waals surface area contributed by atoms with Crippen molar-refractivity contribution in [3.05, 3.63) is 57.5 Å². The second-order valence-corrected chi connectivity index (χ2v) is 6.47. The molecule has 0 aliphatic heterocycles. The highest BCUT2D eigenvalue weighted by molar-refractivity contribution is 14.1. The third kappa shape index (κ3) is 3.99. The minimum Gasteiger partial charge on any atom is -0.495 e. The molecule has 0 radical (unpaired) electrons. The molecule has 22 heavy (non-hydrogen) atoms. The number of benzene rings is 2. The fourth-order valence-electron chi connectivity index (χ4n) is 1.95. The van der Waals surface area contributed by atoms with Crippen LogP contribution in [0.2, 0.25) is 0 Å². The standard InChI is InChI=1S/C16H13IN2OS.BrH/c1-20-15-5-3-2-4-13(15)18-16-19-14(10-21-16)11-6-8-12(17)9-7-11;/h2-10H,1H3,(H,18,19);1H. The predicted octanol–water partition coefficient (Wildman–Crippen LogP) is 5.74. The van der Waals surface area contributed by atoms with Crippen molar-refractivity contribution in [2.75, 3.05) is 12.4 Å². The first kappa shape index (κ1) is 17.2. The van der Waals surface area contributed by atoms with E-state index in [0.717, 1.165) is 27.8 Å². The summed E-state index contributed by atoms with van der Waals surface area (Å²) >= 11 is 3.88. The van der Waals surface area contributed by atoms with E-state index in [2.05, 4.69) is 62.5 Å². The third-order valence-corrected chi connectivity index (χ3v) is 4.47. The largest absolute Gasteiger partial charge is 0.495 e. The van der Waals surface area contributed by atoms with Gasteiger partial charge in [-0.2, -0.15) is 0 Å². The lowest BCUT2D eigenvalue weighted by molar-refractivity contribution is 0.417. The molecule has 3 nitrogen and oxygen atoms in total. The summed E-state index contributed by atoms with van der Waals surface area (Å²) in [6, 6.07) is 16.2. The first-order valence-electron chi connectivity index (χ1n) is 6.38.